The van der Waals surface area contributed by atoms with Crippen molar-refractivity contribution in [2.45, 2.75) is 6.92 Å². The molecule has 0 bridgehead atoms. The molecular weight excluding hydrogens is 250 g/mol. The first kappa shape index (κ1) is 12.5. The minimum absolute atomic E-state index is 0.785. The van der Waals surface area contributed by atoms with Gasteiger partial charge in [0.1, 0.15) is 18.0 Å². The molecule has 0 unspecified atom stereocenters. The van der Waals surface area contributed by atoms with E-state index in [1.807, 2.05) is 32.2 Å². The van der Waals surface area contributed by atoms with E-state index in [2.05, 4.69) is 43.5 Å². The van der Waals surface area contributed by atoms with Gasteiger partial charge in [-0.05, 0) is 13.0 Å². The summed E-state index contributed by atoms with van der Waals surface area (Å²) in [6.45, 7) is 2.88. The van der Waals surface area contributed by atoms with Crippen molar-refractivity contribution in [1.29, 1.82) is 0 Å². The highest BCUT2D eigenvalue weighted by molar-refractivity contribution is 5.94. The van der Waals surface area contributed by atoms with Gasteiger partial charge in [-0.1, -0.05) is 18.2 Å². The minimum Gasteiger partial charge on any atom is -0.370 e. The van der Waals surface area contributed by atoms with Gasteiger partial charge >= 0.3 is 0 Å². The van der Waals surface area contributed by atoms with Crippen LogP contribution in [0.3, 0.4) is 0 Å². The molecule has 0 fully saturated rings. The fourth-order valence-electron chi connectivity index (χ4n) is 2.28. The molecule has 3 aromatic rings. The Morgan fingerprint density at radius 1 is 1.15 bits per heavy atom. The smallest absolute Gasteiger partial charge is 0.135 e. The second-order valence-corrected chi connectivity index (χ2v) is 4.61. The van der Waals surface area contributed by atoms with Crippen LogP contribution in [0.25, 0.3) is 10.9 Å². The third-order valence-electron chi connectivity index (χ3n) is 3.18. The van der Waals surface area contributed by atoms with Gasteiger partial charge in [-0.25, -0.2) is 9.97 Å². The monoisotopic (exact) mass is 267 g/mol. The molecule has 102 valence electrons. The highest BCUT2D eigenvalue weighted by atomic mass is 15.1. The zero-order valence-electron chi connectivity index (χ0n) is 11.6. The van der Waals surface area contributed by atoms with Crippen LogP contribution in [0.2, 0.25) is 0 Å². The van der Waals surface area contributed by atoms with E-state index in [1.54, 1.807) is 6.33 Å². The highest BCUT2D eigenvalue weighted by Crippen LogP contribution is 2.27. The second kappa shape index (κ2) is 5.21. The maximum Gasteiger partial charge on any atom is 0.135 e. The number of para-hydroxylation sites is 1. The van der Waals surface area contributed by atoms with Crippen LogP contribution < -0.4 is 10.6 Å². The molecule has 0 radical (unpaired) electrons. The summed E-state index contributed by atoms with van der Waals surface area (Å²) in [5.41, 5.74) is 2.24. The van der Waals surface area contributed by atoms with Gasteiger partial charge in [-0.2, -0.15) is 0 Å². The Morgan fingerprint density at radius 3 is 2.80 bits per heavy atom. The lowest BCUT2D eigenvalue weighted by atomic mass is 10.2. The number of rotatable bonds is 4. The Bertz CT molecular complexity index is 732. The molecular formula is C15H17N5. The Hall–Kier alpha value is -2.56. The van der Waals surface area contributed by atoms with E-state index in [4.69, 9.17) is 0 Å². The van der Waals surface area contributed by atoms with E-state index < -0.39 is 0 Å². The average molecular weight is 267 g/mol. The molecule has 3 rings (SSSR count). The molecule has 0 aliphatic rings. The van der Waals surface area contributed by atoms with Crippen molar-refractivity contribution < 1.29 is 0 Å². The summed E-state index contributed by atoms with van der Waals surface area (Å²) in [5, 5.41) is 7.71. The summed E-state index contributed by atoms with van der Waals surface area (Å²) in [5.74, 6) is 1.61. The van der Waals surface area contributed by atoms with Crippen LogP contribution in [0.4, 0.5) is 17.3 Å². The molecule has 20 heavy (non-hydrogen) atoms. The largest absolute Gasteiger partial charge is 0.370 e. The van der Waals surface area contributed by atoms with Crippen LogP contribution in [0, 0.1) is 0 Å². The number of hydrogen-bond acceptors (Lipinski definition) is 4. The molecule has 2 N–H and O–H groups in total. The van der Waals surface area contributed by atoms with Crippen molar-refractivity contribution in [2.24, 2.45) is 7.05 Å². The fourth-order valence-corrected chi connectivity index (χ4v) is 2.28. The van der Waals surface area contributed by atoms with Crippen molar-refractivity contribution in [3.05, 3.63) is 42.9 Å². The molecule has 0 saturated carbocycles. The van der Waals surface area contributed by atoms with Crippen LogP contribution >= 0.6 is 0 Å². The number of aryl methyl sites for hydroxylation is 1. The Kier molecular flexibility index (Phi) is 3.25. The highest BCUT2D eigenvalue weighted by Gasteiger charge is 2.06. The summed E-state index contributed by atoms with van der Waals surface area (Å²) in [6.07, 6.45) is 3.63. The summed E-state index contributed by atoms with van der Waals surface area (Å²) in [4.78, 5) is 8.43. The number of nitrogens with one attached hydrogen (secondary N) is 2. The van der Waals surface area contributed by atoms with Crippen molar-refractivity contribution in [2.75, 3.05) is 17.2 Å². The normalized spacial score (nSPS) is 10.7. The van der Waals surface area contributed by atoms with Gasteiger partial charge in [0.15, 0.2) is 0 Å². The van der Waals surface area contributed by atoms with Gasteiger partial charge in [-0.15, -0.1) is 0 Å². The van der Waals surface area contributed by atoms with Gasteiger partial charge < -0.3 is 15.2 Å². The Balaban J connectivity index is 1.95. The molecule has 0 atom stereocenters. The number of fused-ring (bicyclic) bond motifs is 1. The lowest BCUT2D eigenvalue weighted by Gasteiger charge is -2.06. The van der Waals surface area contributed by atoms with Gasteiger partial charge in [0, 0.05) is 36.8 Å². The summed E-state index contributed by atoms with van der Waals surface area (Å²) >= 11 is 0. The van der Waals surface area contributed by atoms with E-state index >= 15 is 0 Å². The number of anilines is 3. The standard InChI is InChI=1S/C15H17N5/c1-3-16-14-8-15(18-10-17-14)19-12-9-20(2)13-7-5-4-6-11(12)13/h4-10H,3H2,1-2H3,(H2,16,17,18,19). The SMILES string of the molecule is CCNc1cc(Nc2cn(C)c3ccccc23)ncn1. The van der Waals surface area contributed by atoms with Crippen molar-refractivity contribution in [3.63, 3.8) is 0 Å². The molecule has 2 aromatic heterocycles. The summed E-state index contributed by atoms with van der Waals surface area (Å²) < 4.78 is 2.10. The molecule has 2 heterocycles. The minimum atomic E-state index is 0.785. The number of nitrogens with zero attached hydrogens (tertiary/aromatic N) is 3. The summed E-state index contributed by atoms with van der Waals surface area (Å²) in [7, 11) is 2.04. The maximum atomic E-state index is 4.26. The molecule has 0 saturated heterocycles. The van der Waals surface area contributed by atoms with Crippen LogP contribution in [-0.2, 0) is 7.05 Å². The third kappa shape index (κ3) is 2.30. The summed E-state index contributed by atoms with van der Waals surface area (Å²) in [6, 6.07) is 10.2. The number of benzene rings is 1. The second-order valence-electron chi connectivity index (χ2n) is 4.61. The van der Waals surface area contributed by atoms with Crippen LogP contribution in [0.1, 0.15) is 6.92 Å². The van der Waals surface area contributed by atoms with Gasteiger partial charge in [0.05, 0.1) is 5.69 Å². The van der Waals surface area contributed by atoms with E-state index in [-0.39, 0.29) is 0 Å². The molecule has 0 aliphatic heterocycles. The lowest BCUT2D eigenvalue weighted by Crippen LogP contribution is -2.01. The molecule has 5 nitrogen and oxygen atoms in total. The van der Waals surface area contributed by atoms with E-state index in [0.29, 0.717) is 0 Å². The molecule has 0 spiro atoms. The fraction of sp³-hybridized carbons (Fsp3) is 0.200. The zero-order valence-corrected chi connectivity index (χ0v) is 11.6. The molecule has 5 heteroatoms. The number of aromatic nitrogens is 3. The van der Waals surface area contributed by atoms with Gasteiger partial charge in [-0.3, -0.25) is 0 Å². The van der Waals surface area contributed by atoms with E-state index in [9.17, 15) is 0 Å². The first-order valence-corrected chi connectivity index (χ1v) is 6.65. The van der Waals surface area contributed by atoms with Crippen LogP contribution in [0.15, 0.2) is 42.9 Å². The Morgan fingerprint density at radius 2 is 1.95 bits per heavy atom. The van der Waals surface area contributed by atoms with E-state index in [1.165, 1.54) is 10.9 Å². The first-order valence-electron chi connectivity index (χ1n) is 6.65. The number of hydrogen-bond donors (Lipinski definition) is 2. The third-order valence-corrected chi connectivity index (χ3v) is 3.18. The molecule has 1 aromatic carbocycles. The Labute approximate surface area is 117 Å². The zero-order chi connectivity index (χ0) is 13.9. The van der Waals surface area contributed by atoms with Gasteiger partial charge in [0.2, 0.25) is 0 Å². The first-order chi connectivity index (χ1) is 9.78. The predicted octanol–water partition coefficient (Wildman–Crippen LogP) is 3.14. The van der Waals surface area contributed by atoms with Crippen molar-refractivity contribution in [1.82, 2.24) is 14.5 Å². The molecule has 0 amide bonds. The van der Waals surface area contributed by atoms with E-state index in [0.717, 1.165) is 23.9 Å². The quantitative estimate of drug-likeness (QED) is 0.762. The maximum absolute atomic E-state index is 4.26. The topological polar surface area (TPSA) is 54.8 Å². The predicted molar refractivity (Wildman–Crippen MR) is 82.4 cm³/mol. The van der Waals surface area contributed by atoms with Crippen LogP contribution in [0.5, 0.6) is 0 Å². The van der Waals surface area contributed by atoms with Crippen molar-refractivity contribution >= 4 is 28.2 Å². The molecule has 0 aliphatic carbocycles. The average Bonchev–Trinajstić information content (AvgIpc) is 2.77. The van der Waals surface area contributed by atoms with Gasteiger partial charge in [0.25, 0.3) is 0 Å². The lowest BCUT2D eigenvalue weighted by molar-refractivity contribution is 0.970. The van der Waals surface area contributed by atoms with Crippen LogP contribution in [-0.4, -0.2) is 21.1 Å². The van der Waals surface area contributed by atoms with Crippen molar-refractivity contribution in [3.8, 4) is 0 Å².